The number of pyridine rings is 1. The van der Waals surface area contributed by atoms with E-state index in [0.717, 1.165) is 17.8 Å². The molecule has 0 aliphatic carbocycles. The van der Waals surface area contributed by atoms with Crippen LogP contribution in [-0.4, -0.2) is 53.5 Å². The fraction of sp³-hybridized carbons (Fsp3) is 0.310. The molecule has 3 heterocycles. The van der Waals surface area contributed by atoms with Gasteiger partial charge in [-0.2, -0.15) is 14.0 Å². The molecule has 0 bridgehead atoms. The summed E-state index contributed by atoms with van der Waals surface area (Å²) >= 11 is 18.6. The lowest BCUT2D eigenvalue weighted by atomic mass is 10.0. The number of rotatable bonds is 7. The van der Waals surface area contributed by atoms with Crippen LogP contribution in [0.3, 0.4) is 0 Å². The number of nitrogens with zero attached hydrogens (tertiary/aromatic N) is 4. The maximum Gasteiger partial charge on any atom is 0.362 e. The number of hydrogen-bond donors (Lipinski definition) is 1. The molecule has 3 amide bonds. The van der Waals surface area contributed by atoms with Gasteiger partial charge < -0.3 is 19.5 Å². The third kappa shape index (κ3) is 5.81. The minimum absolute atomic E-state index is 0.0246. The number of halogens is 5. The van der Waals surface area contributed by atoms with E-state index in [9.17, 15) is 28.4 Å². The highest BCUT2D eigenvalue weighted by atomic mass is 35.5. The van der Waals surface area contributed by atoms with Gasteiger partial charge in [-0.3, -0.25) is 14.5 Å². The van der Waals surface area contributed by atoms with E-state index in [-0.39, 0.29) is 50.3 Å². The van der Waals surface area contributed by atoms with Gasteiger partial charge >= 0.3 is 11.4 Å². The highest BCUT2D eigenvalue weighted by Gasteiger charge is 2.37. The average molecular weight is 683 g/mol. The van der Waals surface area contributed by atoms with Gasteiger partial charge in [0.25, 0.3) is 11.5 Å². The number of ether oxygens (including phenoxy) is 1. The van der Waals surface area contributed by atoms with E-state index in [1.54, 1.807) is 21.9 Å². The minimum Gasteiger partial charge on any atom is -0.493 e. The molecule has 1 fully saturated rings. The van der Waals surface area contributed by atoms with Crippen molar-refractivity contribution in [2.45, 2.75) is 41.6 Å². The number of H-pyrrole nitrogens is 1. The maximum atomic E-state index is 14.1. The molecular weight excluding hydrogens is 659 g/mol. The lowest BCUT2D eigenvalue weighted by Gasteiger charge is -2.36. The molecule has 1 N–H and O–H groups in total. The van der Waals surface area contributed by atoms with Crippen LogP contribution < -0.4 is 15.2 Å². The second-order valence-electron chi connectivity index (χ2n) is 9.98. The van der Waals surface area contributed by atoms with E-state index >= 15 is 0 Å². The number of urea groups is 1. The number of nitrogens with one attached hydrogen (secondary N) is 1. The van der Waals surface area contributed by atoms with Gasteiger partial charge in [0.2, 0.25) is 0 Å². The number of alkyl halides is 3. The Morgan fingerprint density at radius 2 is 1.89 bits per heavy atom. The van der Waals surface area contributed by atoms with Crippen LogP contribution in [0.2, 0.25) is 10.0 Å². The number of benzene rings is 2. The van der Waals surface area contributed by atoms with Crippen LogP contribution in [-0.2, 0) is 18.5 Å². The highest BCUT2D eigenvalue weighted by Crippen LogP contribution is 2.44. The Morgan fingerprint density at radius 1 is 1.18 bits per heavy atom. The standard InChI is InChI=1S/C29H24Cl3F2N5O4S/c1-3-37-8-5-9-39(28(37)42)20-10-15-13-38(14-17(15)16(12-35)24(20)43-2)27(41)23-21(11-22(29(32,33)34)36-26(23)40)44-25-18(30)6-4-7-19(25)31/h4,6-7,10-11H,3,5,8-9,13-14H2,1-2H3,(H,36,40). The number of nitriles is 1. The van der Waals surface area contributed by atoms with Gasteiger partial charge in [0.05, 0.1) is 22.8 Å². The summed E-state index contributed by atoms with van der Waals surface area (Å²) < 4.78 is 33.8. The lowest BCUT2D eigenvalue weighted by Crippen LogP contribution is -2.49. The monoisotopic (exact) mass is 681 g/mol. The molecule has 44 heavy (non-hydrogen) atoms. The van der Waals surface area contributed by atoms with Crippen molar-refractivity contribution >= 4 is 64.2 Å². The van der Waals surface area contributed by atoms with Crippen molar-refractivity contribution in [1.29, 1.82) is 5.26 Å². The molecule has 0 atom stereocenters. The number of carbonyl (C=O) groups excluding carboxylic acids is 2. The Morgan fingerprint density at radius 3 is 2.50 bits per heavy atom. The molecule has 5 rings (SSSR count). The zero-order valence-corrected chi connectivity index (χ0v) is 26.4. The molecule has 15 heteroatoms. The zero-order chi connectivity index (χ0) is 31.9. The number of anilines is 1. The van der Waals surface area contributed by atoms with Crippen molar-refractivity contribution in [2.24, 2.45) is 0 Å². The Hall–Kier alpha value is -3.50. The topological polar surface area (TPSA) is 110 Å². The number of fused-ring (bicyclic) bond motifs is 1. The van der Waals surface area contributed by atoms with Crippen molar-refractivity contribution in [2.75, 3.05) is 31.6 Å². The lowest BCUT2D eigenvalue weighted by molar-refractivity contribution is 0.0740. The first-order valence-electron chi connectivity index (χ1n) is 13.3. The van der Waals surface area contributed by atoms with E-state index in [2.05, 4.69) is 6.07 Å². The number of aromatic nitrogens is 1. The maximum absolute atomic E-state index is 14.1. The molecule has 2 aliphatic heterocycles. The van der Waals surface area contributed by atoms with Crippen LogP contribution in [0.5, 0.6) is 5.75 Å². The predicted octanol–water partition coefficient (Wildman–Crippen LogP) is 6.81. The van der Waals surface area contributed by atoms with Crippen LogP contribution >= 0.6 is 46.6 Å². The molecule has 2 aromatic carbocycles. The zero-order valence-electron chi connectivity index (χ0n) is 23.3. The van der Waals surface area contributed by atoms with Gasteiger partial charge in [-0.05, 0) is 60.3 Å². The van der Waals surface area contributed by atoms with E-state index in [1.165, 1.54) is 24.1 Å². The molecule has 1 saturated heterocycles. The Bertz CT molecular complexity index is 1760. The molecule has 1 aromatic heterocycles. The molecule has 0 saturated carbocycles. The van der Waals surface area contributed by atoms with E-state index < -0.39 is 28.1 Å². The number of methoxy groups -OCH3 is 1. The summed E-state index contributed by atoms with van der Waals surface area (Å²) in [4.78, 5) is 47.0. The summed E-state index contributed by atoms with van der Waals surface area (Å²) in [7, 11) is 1.40. The van der Waals surface area contributed by atoms with Gasteiger partial charge in [0.1, 0.15) is 22.9 Å². The van der Waals surface area contributed by atoms with Crippen molar-refractivity contribution < 1.29 is 23.1 Å². The van der Waals surface area contributed by atoms with Gasteiger partial charge in [-0.1, -0.05) is 41.0 Å². The van der Waals surface area contributed by atoms with Crippen molar-refractivity contribution in [3.05, 3.63) is 78.7 Å². The van der Waals surface area contributed by atoms with E-state index in [1.807, 2.05) is 11.9 Å². The highest BCUT2D eigenvalue weighted by molar-refractivity contribution is 7.99. The molecule has 0 radical (unpaired) electrons. The van der Waals surface area contributed by atoms with Gasteiger partial charge in [0, 0.05) is 42.5 Å². The van der Waals surface area contributed by atoms with Crippen LogP contribution in [0, 0.1) is 11.3 Å². The Labute approximate surface area is 270 Å². The average Bonchev–Trinajstić information content (AvgIpc) is 3.41. The van der Waals surface area contributed by atoms with Gasteiger partial charge in [-0.15, -0.1) is 0 Å². The van der Waals surface area contributed by atoms with Crippen LogP contribution in [0.1, 0.15) is 46.1 Å². The van der Waals surface area contributed by atoms with Crippen molar-refractivity contribution in [1.82, 2.24) is 14.8 Å². The predicted molar refractivity (Wildman–Crippen MR) is 163 cm³/mol. The smallest absolute Gasteiger partial charge is 0.362 e. The number of carbonyl (C=O) groups is 2. The quantitative estimate of drug-likeness (QED) is 0.274. The Balaban J connectivity index is 1.57. The summed E-state index contributed by atoms with van der Waals surface area (Å²) in [5, 5.41) is 6.57. The molecule has 9 nitrogen and oxygen atoms in total. The van der Waals surface area contributed by atoms with Gasteiger partial charge in [0.15, 0.2) is 5.75 Å². The van der Waals surface area contributed by atoms with Crippen LogP contribution in [0.25, 0.3) is 0 Å². The third-order valence-corrected chi connectivity index (χ3v) is 9.65. The SMILES string of the molecule is CCN1CCCN(c2cc3c(c(C#N)c2OC)CN(C(=O)c2c(Sc4c(Cl)cccc4Cl)cc(C(F)(F)Cl)[nH]c2=O)C3)C1=O. The largest absolute Gasteiger partial charge is 0.493 e. The molecule has 0 spiro atoms. The fourth-order valence-corrected chi connectivity index (χ4v) is 7.05. The number of hydrogen-bond acceptors (Lipinski definition) is 6. The third-order valence-electron chi connectivity index (χ3n) is 7.40. The molecule has 230 valence electrons. The molecular formula is C29H24Cl3F2N5O4S. The molecule has 2 aliphatic rings. The summed E-state index contributed by atoms with van der Waals surface area (Å²) in [6, 6.07) is 9.18. The molecule has 0 unspecified atom stereocenters. The van der Waals surface area contributed by atoms with E-state index in [0.29, 0.717) is 42.9 Å². The first kappa shape index (κ1) is 31.9. The fourth-order valence-electron chi connectivity index (χ4n) is 5.30. The van der Waals surface area contributed by atoms with Crippen LogP contribution in [0.15, 0.2) is 44.9 Å². The first-order chi connectivity index (χ1) is 20.9. The second-order valence-corrected chi connectivity index (χ2v) is 12.3. The normalized spacial score (nSPS) is 15.0. The molecule has 3 aromatic rings. The minimum atomic E-state index is -3.93. The van der Waals surface area contributed by atoms with Crippen molar-refractivity contribution in [3.8, 4) is 11.8 Å². The summed E-state index contributed by atoms with van der Waals surface area (Å²) in [5.74, 6) is -0.587. The summed E-state index contributed by atoms with van der Waals surface area (Å²) in [6.45, 7) is 3.31. The second kappa shape index (κ2) is 12.5. The summed E-state index contributed by atoms with van der Waals surface area (Å²) in [6.07, 6.45) is 0.711. The Kier molecular flexibility index (Phi) is 9.05. The van der Waals surface area contributed by atoms with Crippen LogP contribution in [0.4, 0.5) is 19.3 Å². The van der Waals surface area contributed by atoms with Gasteiger partial charge in [-0.25, -0.2) is 4.79 Å². The number of aromatic amines is 1. The number of amides is 3. The van der Waals surface area contributed by atoms with E-state index in [4.69, 9.17) is 39.5 Å². The van der Waals surface area contributed by atoms with Crippen molar-refractivity contribution in [3.63, 3.8) is 0 Å². The summed E-state index contributed by atoms with van der Waals surface area (Å²) in [5.41, 5.74) is -0.815. The first-order valence-corrected chi connectivity index (χ1v) is 15.3.